The van der Waals surface area contributed by atoms with Gasteiger partial charge >= 0.3 is 0 Å². The van der Waals surface area contributed by atoms with Gasteiger partial charge < -0.3 is 4.42 Å². The molecule has 2 aliphatic rings. The molecule has 154 valence electrons. The zero-order valence-electron chi connectivity index (χ0n) is 16.2. The molecule has 0 saturated heterocycles. The first-order valence-electron chi connectivity index (χ1n) is 9.30. The largest absolute Gasteiger partial charge is 0.457 e. The van der Waals surface area contributed by atoms with Crippen LogP contribution in [-0.2, 0) is 4.79 Å². The number of hydrogen-bond donors (Lipinski definition) is 1. The minimum atomic E-state index is -0.662. The number of amides is 1. The Morgan fingerprint density at radius 3 is 2.65 bits per heavy atom. The van der Waals surface area contributed by atoms with Crippen molar-refractivity contribution in [2.24, 2.45) is 10.1 Å². The quantitative estimate of drug-likeness (QED) is 0.501. The van der Waals surface area contributed by atoms with E-state index >= 15 is 0 Å². The summed E-state index contributed by atoms with van der Waals surface area (Å²) in [6.07, 6.45) is 1.16. The van der Waals surface area contributed by atoms with Gasteiger partial charge in [-0.25, -0.2) is 10.0 Å². The van der Waals surface area contributed by atoms with Crippen molar-refractivity contribution in [1.82, 2.24) is 10.3 Å². The number of nitrogens with zero attached hydrogens (tertiary/aromatic N) is 4. The van der Waals surface area contributed by atoms with Gasteiger partial charge in [0, 0.05) is 22.9 Å². The number of thioether (sulfide) groups is 1. The Labute approximate surface area is 179 Å². The molecule has 9 nitrogen and oxygen atoms in total. The third-order valence-electron chi connectivity index (χ3n) is 4.95. The molecule has 1 amide bonds. The monoisotopic (exact) mass is 433 g/mol. The van der Waals surface area contributed by atoms with Crippen LogP contribution in [0.2, 0.25) is 0 Å². The molecular weight excluding hydrogens is 418 g/mol. The van der Waals surface area contributed by atoms with E-state index in [2.05, 4.69) is 10.4 Å². The standard InChI is InChI=1S/C21H15N5O4S/c1-31-21-23-20(27)18-14-4-2-3-5-15(14)22-19(25(18)24-21)17-11-10-16(30-17)12-6-8-13(9-7-12)26(28)29/h2-11,19H,1H3,(H,23,24,27). The van der Waals surface area contributed by atoms with Crippen molar-refractivity contribution >= 4 is 34.2 Å². The molecule has 3 heterocycles. The van der Waals surface area contributed by atoms with Crippen LogP contribution in [0.15, 0.2) is 75.2 Å². The van der Waals surface area contributed by atoms with Crippen LogP contribution >= 0.6 is 11.8 Å². The van der Waals surface area contributed by atoms with Crippen molar-refractivity contribution in [2.45, 2.75) is 6.17 Å². The van der Waals surface area contributed by atoms with E-state index in [0.29, 0.717) is 38.5 Å². The number of non-ortho nitro benzene ring substituents is 1. The molecule has 1 aromatic heterocycles. The Kier molecular flexibility index (Phi) is 4.55. The minimum Gasteiger partial charge on any atom is -0.457 e. The van der Waals surface area contributed by atoms with Gasteiger partial charge in [-0.15, -0.1) is 5.10 Å². The number of carbonyl (C=O) groups excluding carboxylic acids is 1. The second-order valence-electron chi connectivity index (χ2n) is 6.78. The van der Waals surface area contributed by atoms with Crippen molar-refractivity contribution in [2.75, 3.05) is 6.26 Å². The summed E-state index contributed by atoms with van der Waals surface area (Å²) in [7, 11) is 0. The molecular formula is C21H15N5O4S. The van der Waals surface area contributed by atoms with Crippen LogP contribution in [0.25, 0.3) is 17.0 Å². The van der Waals surface area contributed by atoms with E-state index in [1.54, 1.807) is 29.3 Å². The van der Waals surface area contributed by atoms with E-state index in [4.69, 9.17) is 9.41 Å². The normalized spacial score (nSPS) is 17.3. The topological polar surface area (TPSA) is 113 Å². The molecule has 0 spiro atoms. The average Bonchev–Trinajstić information content (AvgIpc) is 3.28. The van der Waals surface area contributed by atoms with Crippen LogP contribution in [0.5, 0.6) is 0 Å². The fourth-order valence-electron chi connectivity index (χ4n) is 3.50. The number of nitro groups is 1. The number of fused-ring (bicyclic) bond motifs is 2. The summed E-state index contributed by atoms with van der Waals surface area (Å²) in [5, 5.41) is 21.6. The number of hydrogen-bond acceptors (Lipinski definition) is 8. The average molecular weight is 433 g/mol. The number of hydrazone groups is 1. The maximum absolute atomic E-state index is 12.8. The summed E-state index contributed by atoms with van der Waals surface area (Å²) in [5.41, 5.74) is 1.11. The highest BCUT2D eigenvalue weighted by molar-refractivity contribution is 8.13. The van der Waals surface area contributed by atoms with Crippen LogP contribution in [-0.4, -0.2) is 27.3 Å². The highest BCUT2D eigenvalue weighted by Gasteiger charge is 2.35. The lowest BCUT2D eigenvalue weighted by Gasteiger charge is -2.32. The van der Waals surface area contributed by atoms with Gasteiger partial charge in [-0.05, 0) is 36.6 Å². The summed E-state index contributed by atoms with van der Waals surface area (Å²) < 4.78 is 6.05. The number of rotatable bonds is 3. The first-order valence-corrected chi connectivity index (χ1v) is 10.5. The maximum atomic E-state index is 12.8. The Bertz CT molecular complexity index is 1360. The van der Waals surface area contributed by atoms with Crippen LogP contribution in [0.1, 0.15) is 11.9 Å². The second kappa shape index (κ2) is 7.40. The van der Waals surface area contributed by atoms with Crippen LogP contribution in [0.4, 0.5) is 5.69 Å². The Balaban J connectivity index is 1.60. The molecule has 5 rings (SSSR count). The highest BCUT2D eigenvalue weighted by atomic mass is 32.2. The van der Waals surface area contributed by atoms with Gasteiger partial charge in [0.15, 0.2) is 10.9 Å². The third-order valence-corrected chi connectivity index (χ3v) is 5.52. The Morgan fingerprint density at radius 1 is 1.13 bits per heavy atom. The first-order chi connectivity index (χ1) is 15.0. The second-order valence-corrected chi connectivity index (χ2v) is 7.58. The van der Waals surface area contributed by atoms with Crippen molar-refractivity contribution in [3.8, 4) is 11.3 Å². The molecule has 1 atom stereocenters. The molecule has 0 aliphatic carbocycles. The lowest BCUT2D eigenvalue weighted by molar-refractivity contribution is -0.384. The Morgan fingerprint density at radius 2 is 1.90 bits per heavy atom. The smallest absolute Gasteiger partial charge is 0.276 e. The van der Waals surface area contributed by atoms with E-state index in [1.165, 1.54) is 23.9 Å². The number of para-hydroxylation sites is 1. The molecule has 1 N–H and O–H groups in total. The number of nitro benzene ring substituents is 1. The summed E-state index contributed by atoms with van der Waals surface area (Å²) in [6, 6.07) is 17.0. The molecule has 2 aliphatic heterocycles. The van der Waals surface area contributed by atoms with E-state index in [-0.39, 0.29) is 11.6 Å². The molecule has 0 radical (unpaired) electrons. The summed E-state index contributed by atoms with van der Waals surface area (Å²) >= 11 is 1.33. The number of carbonyl (C=O) groups is 1. The molecule has 10 heteroatoms. The lowest BCUT2D eigenvalue weighted by Crippen LogP contribution is -2.50. The molecule has 0 fully saturated rings. The van der Waals surface area contributed by atoms with Gasteiger partial charge in [-0.3, -0.25) is 20.2 Å². The Hall–Kier alpha value is -3.92. The molecule has 3 aromatic rings. The first kappa shape index (κ1) is 19.1. The fraction of sp³-hybridized carbons (Fsp3) is 0.0952. The third kappa shape index (κ3) is 3.26. The van der Waals surface area contributed by atoms with E-state index in [9.17, 15) is 14.9 Å². The number of benzene rings is 2. The molecule has 2 aromatic carbocycles. The van der Waals surface area contributed by atoms with Gasteiger partial charge in [-0.2, -0.15) is 0 Å². The van der Waals surface area contributed by atoms with Crippen LogP contribution in [0, 0.1) is 10.1 Å². The van der Waals surface area contributed by atoms with Crippen molar-refractivity contribution in [3.63, 3.8) is 0 Å². The van der Waals surface area contributed by atoms with E-state index < -0.39 is 11.1 Å². The highest BCUT2D eigenvalue weighted by Crippen LogP contribution is 2.34. The summed E-state index contributed by atoms with van der Waals surface area (Å²) in [4.78, 5) is 28.1. The van der Waals surface area contributed by atoms with Crippen LogP contribution < -0.4 is 15.9 Å². The van der Waals surface area contributed by atoms with Gasteiger partial charge in [0.05, 0.1) is 10.3 Å². The summed E-state index contributed by atoms with van der Waals surface area (Å²) in [5.74, 6) is 0.782. The SMILES string of the molecule is CSC1=NN2C(=c3ccccc3=NC2c2ccc(-c3ccc([N+](=O)[O-])cc3)o2)C(=O)N1. The predicted molar refractivity (Wildman–Crippen MR) is 115 cm³/mol. The summed E-state index contributed by atoms with van der Waals surface area (Å²) in [6.45, 7) is 0. The number of amidine groups is 1. The molecule has 1 unspecified atom stereocenters. The number of nitrogens with one attached hydrogen (secondary N) is 1. The van der Waals surface area contributed by atoms with E-state index in [1.807, 2.05) is 30.5 Å². The minimum absolute atomic E-state index is 0.00641. The van der Waals surface area contributed by atoms with Crippen LogP contribution in [0.3, 0.4) is 0 Å². The van der Waals surface area contributed by atoms with Crippen molar-refractivity contribution in [3.05, 3.63) is 87.1 Å². The maximum Gasteiger partial charge on any atom is 0.276 e. The zero-order chi connectivity index (χ0) is 21.5. The predicted octanol–water partition coefficient (Wildman–Crippen LogP) is 2.36. The van der Waals surface area contributed by atoms with Gasteiger partial charge in [0.1, 0.15) is 11.5 Å². The van der Waals surface area contributed by atoms with Gasteiger partial charge in [-0.1, -0.05) is 30.0 Å². The zero-order valence-corrected chi connectivity index (χ0v) is 17.0. The van der Waals surface area contributed by atoms with Gasteiger partial charge in [0.2, 0.25) is 6.17 Å². The number of furan rings is 1. The lowest BCUT2D eigenvalue weighted by atomic mass is 10.1. The molecule has 0 bridgehead atoms. The van der Waals surface area contributed by atoms with Crippen molar-refractivity contribution < 1.29 is 14.1 Å². The molecule has 31 heavy (non-hydrogen) atoms. The fourth-order valence-corrected chi connectivity index (χ4v) is 3.86. The van der Waals surface area contributed by atoms with E-state index in [0.717, 1.165) is 0 Å². The van der Waals surface area contributed by atoms with Crippen molar-refractivity contribution in [1.29, 1.82) is 0 Å². The molecule has 0 saturated carbocycles. The van der Waals surface area contributed by atoms with Gasteiger partial charge in [0.25, 0.3) is 11.6 Å².